The highest BCUT2D eigenvalue weighted by Gasteiger charge is 2.19. The van der Waals surface area contributed by atoms with E-state index >= 15 is 0 Å². The summed E-state index contributed by atoms with van der Waals surface area (Å²) in [4.78, 5) is 0. The lowest BCUT2D eigenvalue weighted by molar-refractivity contribution is 0.0994. The normalized spacial score (nSPS) is 21.9. The molecule has 2 unspecified atom stereocenters. The average molecular weight is 237 g/mol. The maximum Gasteiger partial charge on any atom is 0.0576 e. The molecule has 2 rings (SSSR count). The lowest BCUT2D eigenvalue weighted by Crippen LogP contribution is -2.24. The van der Waals surface area contributed by atoms with Crippen molar-refractivity contribution in [3.05, 3.63) is 18.0 Å². The topological polar surface area (TPSA) is 39.1 Å². The van der Waals surface area contributed by atoms with Gasteiger partial charge in [0, 0.05) is 25.9 Å². The molecule has 1 aliphatic heterocycles. The van der Waals surface area contributed by atoms with E-state index in [9.17, 15) is 0 Å². The molecule has 2 atom stereocenters. The minimum Gasteiger partial charge on any atom is -0.378 e. The second kappa shape index (κ2) is 6.17. The minimum absolute atomic E-state index is 0.400. The summed E-state index contributed by atoms with van der Waals surface area (Å²) < 4.78 is 7.64. The first-order valence-electron chi connectivity index (χ1n) is 6.64. The van der Waals surface area contributed by atoms with Crippen LogP contribution in [-0.2, 0) is 11.8 Å². The minimum atomic E-state index is 0.400. The maximum absolute atomic E-state index is 5.68. The van der Waals surface area contributed by atoms with E-state index in [2.05, 4.69) is 23.4 Å². The summed E-state index contributed by atoms with van der Waals surface area (Å²) in [5.74, 6) is 0. The van der Waals surface area contributed by atoms with Crippen molar-refractivity contribution < 1.29 is 4.74 Å². The number of aryl methyl sites for hydroxylation is 1. The predicted molar refractivity (Wildman–Crippen MR) is 67.8 cm³/mol. The number of hydrogen-bond donors (Lipinski definition) is 1. The molecule has 1 N–H and O–H groups in total. The van der Waals surface area contributed by atoms with Crippen molar-refractivity contribution in [3.63, 3.8) is 0 Å². The number of ether oxygens (including phenoxy) is 1. The largest absolute Gasteiger partial charge is 0.378 e. The van der Waals surface area contributed by atoms with Gasteiger partial charge in [-0.15, -0.1) is 0 Å². The van der Waals surface area contributed by atoms with E-state index in [0.29, 0.717) is 12.1 Å². The number of aromatic nitrogens is 2. The van der Waals surface area contributed by atoms with Gasteiger partial charge in [-0.05, 0) is 38.3 Å². The highest BCUT2D eigenvalue weighted by atomic mass is 16.5. The zero-order chi connectivity index (χ0) is 12.1. The first kappa shape index (κ1) is 12.6. The van der Waals surface area contributed by atoms with Crippen LogP contribution < -0.4 is 5.32 Å². The Labute approximate surface area is 103 Å². The molecule has 1 saturated heterocycles. The van der Waals surface area contributed by atoms with Crippen molar-refractivity contribution in [2.75, 3.05) is 13.2 Å². The van der Waals surface area contributed by atoms with Crippen LogP contribution in [0.5, 0.6) is 0 Å². The van der Waals surface area contributed by atoms with Gasteiger partial charge in [-0.25, -0.2) is 0 Å². The van der Waals surface area contributed by atoms with Gasteiger partial charge in [-0.3, -0.25) is 4.68 Å². The van der Waals surface area contributed by atoms with Gasteiger partial charge in [0.1, 0.15) is 0 Å². The molecule has 4 heteroatoms. The van der Waals surface area contributed by atoms with Crippen molar-refractivity contribution in [2.24, 2.45) is 7.05 Å². The number of hydrogen-bond acceptors (Lipinski definition) is 3. The Balaban J connectivity index is 1.90. The SMILES string of the molecule is CCNC(CCC1CCCO1)c1ccnn1C. The molecular weight excluding hydrogens is 214 g/mol. The second-order valence-electron chi connectivity index (χ2n) is 4.70. The molecule has 96 valence electrons. The molecule has 17 heavy (non-hydrogen) atoms. The first-order valence-corrected chi connectivity index (χ1v) is 6.64. The standard InChI is InChI=1S/C13H23N3O/c1-3-14-12(13-8-9-15-16(13)2)7-6-11-5-4-10-17-11/h8-9,11-12,14H,3-7,10H2,1-2H3. The Morgan fingerprint density at radius 1 is 1.65 bits per heavy atom. The van der Waals surface area contributed by atoms with Crippen LogP contribution in [-0.4, -0.2) is 29.0 Å². The summed E-state index contributed by atoms with van der Waals surface area (Å²) in [5.41, 5.74) is 1.27. The first-order chi connectivity index (χ1) is 8.31. The molecule has 0 aliphatic carbocycles. The molecule has 0 amide bonds. The van der Waals surface area contributed by atoms with E-state index in [-0.39, 0.29) is 0 Å². The van der Waals surface area contributed by atoms with Crippen LogP contribution in [0.2, 0.25) is 0 Å². The van der Waals surface area contributed by atoms with Crippen molar-refractivity contribution in [2.45, 2.75) is 44.8 Å². The quantitative estimate of drug-likeness (QED) is 0.823. The third-order valence-electron chi connectivity index (χ3n) is 3.47. The van der Waals surface area contributed by atoms with Crippen LogP contribution in [0.3, 0.4) is 0 Å². The van der Waals surface area contributed by atoms with E-state index in [1.54, 1.807) is 0 Å². The van der Waals surface area contributed by atoms with E-state index in [4.69, 9.17) is 4.74 Å². The van der Waals surface area contributed by atoms with Crippen LogP contribution in [0.15, 0.2) is 12.3 Å². The highest BCUT2D eigenvalue weighted by molar-refractivity contribution is 5.06. The molecule has 0 radical (unpaired) electrons. The molecular formula is C13H23N3O. The smallest absolute Gasteiger partial charge is 0.0576 e. The Morgan fingerprint density at radius 3 is 3.12 bits per heavy atom. The third kappa shape index (κ3) is 3.30. The fourth-order valence-corrected chi connectivity index (χ4v) is 2.55. The molecule has 0 spiro atoms. The molecule has 2 heterocycles. The summed E-state index contributed by atoms with van der Waals surface area (Å²) in [5, 5.41) is 7.78. The van der Waals surface area contributed by atoms with E-state index in [1.807, 2.05) is 17.9 Å². The number of nitrogens with zero attached hydrogens (tertiary/aromatic N) is 2. The van der Waals surface area contributed by atoms with Crippen LogP contribution in [0.1, 0.15) is 44.3 Å². The molecule has 1 fully saturated rings. The van der Waals surface area contributed by atoms with Crippen LogP contribution in [0.25, 0.3) is 0 Å². The van der Waals surface area contributed by atoms with Crippen LogP contribution >= 0.6 is 0 Å². The van der Waals surface area contributed by atoms with Gasteiger partial charge in [-0.1, -0.05) is 6.92 Å². The fraction of sp³-hybridized carbons (Fsp3) is 0.769. The molecule has 0 saturated carbocycles. The third-order valence-corrected chi connectivity index (χ3v) is 3.47. The van der Waals surface area contributed by atoms with Crippen molar-refractivity contribution in [1.82, 2.24) is 15.1 Å². The van der Waals surface area contributed by atoms with E-state index in [0.717, 1.165) is 26.0 Å². The van der Waals surface area contributed by atoms with Crippen molar-refractivity contribution in [3.8, 4) is 0 Å². The van der Waals surface area contributed by atoms with Gasteiger partial charge >= 0.3 is 0 Å². The zero-order valence-electron chi connectivity index (χ0n) is 10.9. The lowest BCUT2D eigenvalue weighted by Gasteiger charge is -2.19. The zero-order valence-corrected chi connectivity index (χ0v) is 10.9. The summed E-state index contributed by atoms with van der Waals surface area (Å²) in [6, 6.07) is 2.50. The summed E-state index contributed by atoms with van der Waals surface area (Å²) in [6.07, 6.45) is 7.06. The Bertz CT molecular complexity index is 331. The molecule has 1 aromatic heterocycles. The maximum atomic E-state index is 5.68. The van der Waals surface area contributed by atoms with Gasteiger partial charge in [0.05, 0.1) is 11.8 Å². The highest BCUT2D eigenvalue weighted by Crippen LogP contribution is 2.23. The molecule has 1 aliphatic rings. The van der Waals surface area contributed by atoms with Crippen LogP contribution in [0, 0.1) is 0 Å². The fourth-order valence-electron chi connectivity index (χ4n) is 2.55. The Kier molecular flexibility index (Phi) is 4.57. The number of nitrogens with one attached hydrogen (secondary N) is 1. The average Bonchev–Trinajstić information content (AvgIpc) is 2.95. The van der Waals surface area contributed by atoms with Gasteiger partial charge in [0.15, 0.2) is 0 Å². The Hall–Kier alpha value is -0.870. The van der Waals surface area contributed by atoms with Gasteiger partial charge in [0.2, 0.25) is 0 Å². The molecule has 1 aromatic rings. The van der Waals surface area contributed by atoms with E-state index in [1.165, 1.54) is 18.5 Å². The summed E-state index contributed by atoms with van der Waals surface area (Å²) in [7, 11) is 2.01. The van der Waals surface area contributed by atoms with E-state index < -0.39 is 0 Å². The Morgan fingerprint density at radius 2 is 2.53 bits per heavy atom. The van der Waals surface area contributed by atoms with Gasteiger partial charge in [-0.2, -0.15) is 5.10 Å². The van der Waals surface area contributed by atoms with Crippen molar-refractivity contribution in [1.29, 1.82) is 0 Å². The van der Waals surface area contributed by atoms with Gasteiger partial charge in [0.25, 0.3) is 0 Å². The molecule has 0 bridgehead atoms. The summed E-state index contributed by atoms with van der Waals surface area (Å²) in [6.45, 7) is 4.08. The van der Waals surface area contributed by atoms with Crippen LogP contribution in [0.4, 0.5) is 0 Å². The van der Waals surface area contributed by atoms with Crippen molar-refractivity contribution >= 4 is 0 Å². The molecule has 0 aromatic carbocycles. The lowest BCUT2D eigenvalue weighted by atomic mass is 10.0. The molecule has 4 nitrogen and oxygen atoms in total. The second-order valence-corrected chi connectivity index (χ2v) is 4.70. The predicted octanol–water partition coefficient (Wildman–Crippen LogP) is 2.03. The number of rotatable bonds is 6. The summed E-state index contributed by atoms with van der Waals surface area (Å²) >= 11 is 0. The monoisotopic (exact) mass is 237 g/mol. The van der Waals surface area contributed by atoms with Gasteiger partial charge < -0.3 is 10.1 Å².